The molecule has 0 fully saturated rings. The van der Waals surface area contributed by atoms with Crippen LogP contribution in [-0.4, -0.2) is 6.29 Å². The minimum absolute atomic E-state index is 0.111. The number of hydrogen-bond acceptors (Lipinski definition) is 1. The predicted octanol–water partition coefficient (Wildman–Crippen LogP) is 1.69. The summed E-state index contributed by atoms with van der Waals surface area (Å²) >= 11 is 0. The Balaban J connectivity index is 3.74. The highest BCUT2D eigenvalue weighted by Gasteiger charge is 1.90. The lowest BCUT2D eigenvalue weighted by atomic mass is 10.2. The first kappa shape index (κ1) is 7.34. The van der Waals surface area contributed by atoms with Gasteiger partial charge in [0.25, 0.3) is 0 Å². The highest BCUT2D eigenvalue weighted by molar-refractivity contribution is 5.69. The van der Waals surface area contributed by atoms with Crippen molar-refractivity contribution in [3.63, 3.8) is 0 Å². The van der Waals surface area contributed by atoms with Crippen LogP contribution < -0.4 is 0 Å². The van der Waals surface area contributed by atoms with Crippen LogP contribution in [0.1, 0.15) is 13.8 Å². The van der Waals surface area contributed by atoms with Crippen LogP contribution in [0, 0.1) is 5.92 Å². The van der Waals surface area contributed by atoms with Crippen molar-refractivity contribution in [2.75, 3.05) is 0 Å². The van der Waals surface area contributed by atoms with Crippen LogP contribution in [-0.2, 0) is 4.79 Å². The molecule has 0 radical (unpaired) electrons. The third kappa shape index (κ3) is 3.53. The normalized spacial score (nSPS) is 12.2. The van der Waals surface area contributed by atoms with E-state index in [1.807, 2.05) is 13.8 Å². The van der Waals surface area contributed by atoms with Crippen molar-refractivity contribution < 1.29 is 9.18 Å². The van der Waals surface area contributed by atoms with Gasteiger partial charge in [0.15, 0.2) is 12.1 Å². The van der Waals surface area contributed by atoms with Crippen molar-refractivity contribution >= 4 is 6.29 Å². The molecule has 8 heavy (non-hydrogen) atoms. The molecule has 0 saturated carbocycles. The van der Waals surface area contributed by atoms with E-state index in [1.54, 1.807) is 0 Å². The summed E-state index contributed by atoms with van der Waals surface area (Å²) in [4.78, 5) is 9.60. The van der Waals surface area contributed by atoms with Gasteiger partial charge in [-0.1, -0.05) is 13.8 Å². The quantitative estimate of drug-likeness (QED) is 0.396. The maximum atomic E-state index is 11.9. The van der Waals surface area contributed by atoms with E-state index < -0.39 is 5.83 Å². The zero-order chi connectivity index (χ0) is 6.57. The third-order valence-electron chi connectivity index (χ3n) is 0.605. The van der Waals surface area contributed by atoms with Gasteiger partial charge < -0.3 is 0 Å². The molecule has 46 valence electrons. The second-order valence-corrected chi connectivity index (χ2v) is 1.91. The number of allylic oxidation sites excluding steroid dienone is 2. The zero-order valence-electron chi connectivity index (χ0n) is 5.02. The highest BCUT2D eigenvalue weighted by atomic mass is 19.1. The van der Waals surface area contributed by atoms with Crippen molar-refractivity contribution in [2.45, 2.75) is 13.8 Å². The van der Waals surface area contributed by atoms with Gasteiger partial charge in [0.2, 0.25) is 0 Å². The summed E-state index contributed by atoms with van der Waals surface area (Å²) in [5.74, 6) is -0.569. The molecule has 0 N–H and O–H groups in total. The molecular weight excluding hydrogens is 107 g/mol. The average molecular weight is 116 g/mol. The zero-order valence-corrected chi connectivity index (χ0v) is 5.02. The molecule has 0 heterocycles. The van der Waals surface area contributed by atoms with Gasteiger partial charge in [-0.25, -0.2) is 4.39 Å². The van der Waals surface area contributed by atoms with Crippen LogP contribution in [0.3, 0.4) is 0 Å². The summed E-state index contributed by atoms with van der Waals surface area (Å²) in [6.07, 6.45) is 1.48. The molecule has 0 spiro atoms. The minimum Gasteiger partial charge on any atom is -0.295 e. The lowest BCUT2D eigenvalue weighted by molar-refractivity contribution is -0.106. The maximum Gasteiger partial charge on any atom is 0.178 e. The molecule has 0 aromatic heterocycles. The average Bonchev–Trinajstić information content (AvgIpc) is 1.65. The molecule has 0 aliphatic rings. The van der Waals surface area contributed by atoms with Crippen molar-refractivity contribution in [3.05, 3.63) is 11.9 Å². The van der Waals surface area contributed by atoms with E-state index >= 15 is 0 Å². The van der Waals surface area contributed by atoms with Crippen LogP contribution in [0.2, 0.25) is 0 Å². The summed E-state index contributed by atoms with van der Waals surface area (Å²) in [6, 6.07) is 0. The van der Waals surface area contributed by atoms with E-state index in [4.69, 9.17) is 0 Å². The molecule has 0 amide bonds. The number of aldehydes is 1. The number of carbonyl (C=O) groups is 1. The number of rotatable bonds is 2. The SMILES string of the molecule is CC(C)C=C(F)C=O. The Kier molecular flexibility index (Phi) is 3.08. The first-order valence-corrected chi connectivity index (χ1v) is 2.49. The van der Waals surface area contributed by atoms with Crippen LogP contribution in [0.15, 0.2) is 11.9 Å². The fourth-order valence-electron chi connectivity index (χ4n) is 0.358. The van der Waals surface area contributed by atoms with Crippen molar-refractivity contribution in [1.29, 1.82) is 0 Å². The minimum atomic E-state index is -0.681. The van der Waals surface area contributed by atoms with E-state index in [0.29, 0.717) is 0 Å². The molecule has 0 aromatic carbocycles. The molecule has 0 saturated heterocycles. The number of carbonyl (C=O) groups excluding carboxylic acids is 1. The topological polar surface area (TPSA) is 17.1 Å². The Labute approximate surface area is 48.2 Å². The second kappa shape index (κ2) is 3.36. The molecule has 0 bridgehead atoms. The molecule has 0 unspecified atom stereocenters. The van der Waals surface area contributed by atoms with Gasteiger partial charge in [0, 0.05) is 0 Å². The molecule has 0 aliphatic heterocycles. The summed E-state index contributed by atoms with van der Waals surface area (Å²) < 4.78 is 11.9. The summed E-state index contributed by atoms with van der Waals surface area (Å²) in [7, 11) is 0. The van der Waals surface area contributed by atoms with Gasteiger partial charge in [-0.15, -0.1) is 0 Å². The Bertz CT molecular complexity index is 105. The highest BCUT2D eigenvalue weighted by Crippen LogP contribution is 1.99. The van der Waals surface area contributed by atoms with E-state index in [2.05, 4.69) is 0 Å². The molecule has 0 atom stereocenters. The molecule has 2 heteroatoms. The Hall–Kier alpha value is -0.660. The van der Waals surface area contributed by atoms with E-state index in [1.165, 1.54) is 6.08 Å². The summed E-state index contributed by atoms with van der Waals surface area (Å²) in [6.45, 7) is 3.62. The lowest BCUT2D eigenvalue weighted by Gasteiger charge is -1.89. The Morgan fingerprint density at radius 3 is 2.25 bits per heavy atom. The lowest BCUT2D eigenvalue weighted by Crippen LogP contribution is -1.81. The maximum absolute atomic E-state index is 11.9. The number of halogens is 1. The molecule has 0 aromatic rings. The standard InChI is InChI=1S/C6H9FO/c1-5(2)3-6(7)4-8/h3-5H,1-2H3. The van der Waals surface area contributed by atoms with Crippen LogP contribution in [0.5, 0.6) is 0 Å². The molecule has 0 rings (SSSR count). The molecule has 0 aliphatic carbocycles. The monoisotopic (exact) mass is 116 g/mol. The van der Waals surface area contributed by atoms with Gasteiger partial charge >= 0.3 is 0 Å². The van der Waals surface area contributed by atoms with Gasteiger partial charge in [0.05, 0.1) is 0 Å². The van der Waals surface area contributed by atoms with E-state index in [9.17, 15) is 9.18 Å². The predicted molar refractivity (Wildman–Crippen MR) is 30.1 cm³/mol. The van der Waals surface area contributed by atoms with Crippen LogP contribution in [0.4, 0.5) is 4.39 Å². The van der Waals surface area contributed by atoms with Gasteiger partial charge in [-0.2, -0.15) is 0 Å². The van der Waals surface area contributed by atoms with Crippen molar-refractivity contribution in [3.8, 4) is 0 Å². The second-order valence-electron chi connectivity index (χ2n) is 1.91. The largest absolute Gasteiger partial charge is 0.295 e. The number of hydrogen-bond donors (Lipinski definition) is 0. The van der Waals surface area contributed by atoms with E-state index in [-0.39, 0.29) is 12.2 Å². The smallest absolute Gasteiger partial charge is 0.178 e. The first-order chi connectivity index (χ1) is 3.66. The van der Waals surface area contributed by atoms with Gasteiger partial charge in [-0.05, 0) is 12.0 Å². The Morgan fingerprint density at radius 2 is 2.12 bits per heavy atom. The fraction of sp³-hybridized carbons (Fsp3) is 0.500. The van der Waals surface area contributed by atoms with Crippen molar-refractivity contribution in [1.82, 2.24) is 0 Å². The summed E-state index contributed by atoms with van der Waals surface area (Å²) in [5, 5.41) is 0. The van der Waals surface area contributed by atoms with Crippen molar-refractivity contribution in [2.24, 2.45) is 5.92 Å². The van der Waals surface area contributed by atoms with Crippen LogP contribution >= 0.6 is 0 Å². The third-order valence-corrected chi connectivity index (χ3v) is 0.605. The van der Waals surface area contributed by atoms with Gasteiger partial charge in [-0.3, -0.25) is 4.79 Å². The van der Waals surface area contributed by atoms with E-state index in [0.717, 1.165) is 0 Å². The summed E-state index contributed by atoms with van der Waals surface area (Å²) in [5.41, 5.74) is 0. The molecular formula is C6H9FO. The van der Waals surface area contributed by atoms with Crippen LogP contribution in [0.25, 0.3) is 0 Å². The Morgan fingerprint density at radius 1 is 1.62 bits per heavy atom. The fourth-order valence-corrected chi connectivity index (χ4v) is 0.358. The first-order valence-electron chi connectivity index (χ1n) is 2.49. The molecule has 1 nitrogen and oxygen atoms in total. The van der Waals surface area contributed by atoms with Gasteiger partial charge in [0.1, 0.15) is 0 Å².